The van der Waals surface area contributed by atoms with Gasteiger partial charge < -0.3 is 9.73 Å². The number of hydrogen-bond donors (Lipinski definition) is 1. The Bertz CT molecular complexity index is 580. The van der Waals surface area contributed by atoms with Gasteiger partial charge in [-0.2, -0.15) is 0 Å². The zero-order valence-corrected chi connectivity index (χ0v) is 12.5. The quantitative estimate of drug-likeness (QED) is 0.910. The average molecular weight is 287 g/mol. The van der Waals surface area contributed by atoms with Gasteiger partial charge in [0.05, 0.1) is 0 Å². The maximum atomic E-state index is 5.59. The Morgan fingerprint density at radius 3 is 2.67 bits per heavy atom. The van der Waals surface area contributed by atoms with Crippen LogP contribution in [0.5, 0.6) is 0 Å². The van der Waals surface area contributed by atoms with Gasteiger partial charge in [-0.1, -0.05) is 6.92 Å². The van der Waals surface area contributed by atoms with Crippen LogP contribution in [0.15, 0.2) is 16.8 Å². The summed E-state index contributed by atoms with van der Waals surface area (Å²) in [6, 6.07) is 0.436. The fourth-order valence-corrected chi connectivity index (χ4v) is 2.80. The van der Waals surface area contributed by atoms with Gasteiger partial charge in [0, 0.05) is 31.3 Å². The first-order valence-electron chi connectivity index (χ1n) is 7.59. The third-order valence-electron chi connectivity index (χ3n) is 3.93. The number of nitrogens with zero attached hydrogens (tertiary/aromatic N) is 4. The van der Waals surface area contributed by atoms with Crippen molar-refractivity contribution < 1.29 is 4.42 Å². The largest absolute Gasteiger partial charge is 0.425 e. The molecule has 0 unspecified atom stereocenters. The van der Waals surface area contributed by atoms with Crippen LogP contribution >= 0.6 is 0 Å². The first-order valence-corrected chi connectivity index (χ1v) is 7.59. The van der Waals surface area contributed by atoms with Crippen molar-refractivity contribution in [3.63, 3.8) is 0 Å². The van der Waals surface area contributed by atoms with E-state index in [2.05, 4.69) is 25.5 Å². The number of nitrogens with one attached hydrogen (secondary N) is 1. The lowest BCUT2D eigenvalue weighted by Crippen LogP contribution is -2.17. The first kappa shape index (κ1) is 14.0. The molecule has 112 valence electrons. The zero-order chi connectivity index (χ0) is 14.7. The molecule has 0 aromatic carbocycles. The number of anilines is 1. The van der Waals surface area contributed by atoms with Crippen LogP contribution in [-0.4, -0.2) is 26.2 Å². The summed E-state index contributed by atoms with van der Waals surface area (Å²) >= 11 is 0. The third kappa shape index (κ3) is 3.56. The lowest BCUT2D eigenvalue weighted by atomic mass is 10.0. The van der Waals surface area contributed by atoms with Gasteiger partial charge in [-0.3, -0.25) is 0 Å². The van der Waals surface area contributed by atoms with Crippen LogP contribution in [0.3, 0.4) is 0 Å². The topological polar surface area (TPSA) is 76.7 Å². The van der Waals surface area contributed by atoms with Gasteiger partial charge in [0.25, 0.3) is 0 Å². The second-order valence-electron chi connectivity index (χ2n) is 5.75. The molecule has 6 heteroatoms. The normalized spacial score (nSPS) is 21.6. The smallest absolute Gasteiger partial charge is 0.222 e. The Kier molecular flexibility index (Phi) is 4.13. The number of aromatic nitrogens is 4. The minimum Gasteiger partial charge on any atom is -0.425 e. The molecule has 0 radical (unpaired) electrons. The van der Waals surface area contributed by atoms with Crippen LogP contribution in [0.2, 0.25) is 0 Å². The van der Waals surface area contributed by atoms with E-state index in [9.17, 15) is 0 Å². The molecule has 0 bridgehead atoms. The van der Waals surface area contributed by atoms with E-state index in [0.29, 0.717) is 12.0 Å². The maximum Gasteiger partial charge on any atom is 0.222 e. The molecular weight excluding hydrogens is 266 g/mol. The number of rotatable bonds is 5. The Hall–Kier alpha value is -1.98. The van der Waals surface area contributed by atoms with Crippen LogP contribution in [0.4, 0.5) is 5.95 Å². The summed E-state index contributed by atoms with van der Waals surface area (Å²) in [5.41, 5.74) is 1.08. The van der Waals surface area contributed by atoms with Gasteiger partial charge in [0.1, 0.15) is 0 Å². The molecule has 1 fully saturated rings. The molecule has 0 saturated heterocycles. The van der Waals surface area contributed by atoms with Crippen LogP contribution in [0, 0.1) is 12.8 Å². The van der Waals surface area contributed by atoms with Crippen molar-refractivity contribution in [1.29, 1.82) is 0 Å². The van der Waals surface area contributed by atoms with Crippen LogP contribution < -0.4 is 5.32 Å². The van der Waals surface area contributed by atoms with Crippen molar-refractivity contribution in [2.45, 2.75) is 52.0 Å². The van der Waals surface area contributed by atoms with Crippen molar-refractivity contribution in [2.75, 3.05) is 5.32 Å². The Morgan fingerprint density at radius 1 is 1.19 bits per heavy atom. The fraction of sp³-hybridized carbons (Fsp3) is 0.600. The molecule has 2 atom stereocenters. The van der Waals surface area contributed by atoms with Gasteiger partial charge >= 0.3 is 0 Å². The molecule has 0 aliphatic heterocycles. The van der Waals surface area contributed by atoms with Gasteiger partial charge in [0.2, 0.25) is 17.7 Å². The monoisotopic (exact) mass is 287 g/mol. The summed E-state index contributed by atoms with van der Waals surface area (Å²) in [4.78, 5) is 8.60. The highest BCUT2D eigenvalue weighted by Crippen LogP contribution is 2.29. The molecule has 6 nitrogen and oxygen atoms in total. The Balaban J connectivity index is 1.52. The molecule has 21 heavy (non-hydrogen) atoms. The molecule has 1 aliphatic carbocycles. The van der Waals surface area contributed by atoms with Crippen molar-refractivity contribution in [2.24, 2.45) is 5.92 Å². The number of hydrogen-bond acceptors (Lipinski definition) is 6. The molecule has 2 heterocycles. The van der Waals surface area contributed by atoms with Crippen molar-refractivity contribution >= 4 is 5.95 Å². The van der Waals surface area contributed by atoms with Crippen molar-refractivity contribution in [3.8, 4) is 0 Å². The Labute approximate surface area is 124 Å². The van der Waals surface area contributed by atoms with E-state index in [4.69, 9.17) is 4.42 Å². The predicted molar refractivity (Wildman–Crippen MR) is 78.9 cm³/mol. The lowest BCUT2D eigenvalue weighted by molar-refractivity contribution is 0.409. The van der Waals surface area contributed by atoms with Crippen LogP contribution in [-0.2, 0) is 12.8 Å². The van der Waals surface area contributed by atoms with Gasteiger partial charge in [0.15, 0.2) is 0 Å². The molecular formula is C15H21N5O. The minimum atomic E-state index is 0.436. The lowest BCUT2D eigenvalue weighted by Gasteiger charge is -2.12. The van der Waals surface area contributed by atoms with Gasteiger partial charge in [-0.25, -0.2) is 9.97 Å². The molecule has 0 amide bonds. The molecule has 1 saturated carbocycles. The summed E-state index contributed by atoms with van der Waals surface area (Å²) in [7, 11) is 0. The second-order valence-corrected chi connectivity index (χ2v) is 5.75. The molecule has 1 aliphatic rings. The Morgan fingerprint density at radius 2 is 1.95 bits per heavy atom. The van der Waals surface area contributed by atoms with Crippen molar-refractivity contribution in [3.05, 3.63) is 29.7 Å². The van der Waals surface area contributed by atoms with Crippen molar-refractivity contribution in [1.82, 2.24) is 20.2 Å². The van der Waals surface area contributed by atoms with E-state index in [1.807, 2.05) is 26.2 Å². The van der Waals surface area contributed by atoms with E-state index < -0.39 is 0 Å². The fourth-order valence-electron chi connectivity index (χ4n) is 2.80. The highest BCUT2D eigenvalue weighted by molar-refractivity contribution is 5.26. The first-order chi connectivity index (χ1) is 10.2. The van der Waals surface area contributed by atoms with E-state index in [-0.39, 0.29) is 0 Å². The maximum absolute atomic E-state index is 5.59. The highest BCUT2D eigenvalue weighted by atomic mass is 16.4. The predicted octanol–water partition coefficient (Wildman–Crippen LogP) is 2.55. The molecule has 2 aromatic rings. The van der Waals surface area contributed by atoms with Crippen LogP contribution in [0.1, 0.15) is 43.5 Å². The summed E-state index contributed by atoms with van der Waals surface area (Å²) in [5.74, 6) is 2.81. The van der Waals surface area contributed by atoms with E-state index in [0.717, 1.165) is 49.0 Å². The molecule has 0 spiro atoms. The minimum absolute atomic E-state index is 0.436. The van der Waals surface area contributed by atoms with E-state index in [1.165, 1.54) is 6.42 Å². The number of aryl methyl sites for hydroxylation is 2. The summed E-state index contributed by atoms with van der Waals surface area (Å²) in [5, 5.41) is 11.5. The second kappa shape index (κ2) is 6.20. The molecule has 1 N–H and O–H groups in total. The van der Waals surface area contributed by atoms with Gasteiger partial charge in [-0.15, -0.1) is 10.2 Å². The zero-order valence-electron chi connectivity index (χ0n) is 12.5. The average Bonchev–Trinajstić information content (AvgIpc) is 3.11. The van der Waals surface area contributed by atoms with Gasteiger partial charge in [-0.05, 0) is 37.7 Å². The van der Waals surface area contributed by atoms with Crippen LogP contribution in [0.25, 0.3) is 0 Å². The molecule has 3 rings (SSSR count). The van der Waals surface area contributed by atoms with E-state index >= 15 is 0 Å². The standard InChI is InChI=1S/C15H21N5O/c1-3-13-19-20-14(21-13)7-11-4-5-12(6-11)18-15-16-8-10(2)9-17-15/h8-9,11-12H,3-7H2,1-2H3,(H,16,17,18)/t11-,12+/m1/s1. The summed E-state index contributed by atoms with van der Waals surface area (Å²) in [6.45, 7) is 4.01. The SMILES string of the molecule is CCc1nnc(C[C@@H]2CC[C@H](Nc3ncc(C)cn3)C2)o1. The summed E-state index contributed by atoms with van der Waals surface area (Å²) < 4.78 is 5.59. The highest BCUT2D eigenvalue weighted by Gasteiger charge is 2.26. The van der Waals surface area contributed by atoms with E-state index in [1.54, 1.807) is 0 Å². The third-order valence-corrected chi connectivity index (χ3v) is 3.93. The summed E-state index contributed by atoms with van der Waals surface area (Å²) in [6.07, 6.45) is 8.76. The molecule has 2 aromatic heterocycles.